The number of ether oxygens (including phenoxy) is 1. The number of aromatic nitrogens is 3. The van der Waals surface area contributed by atoms with Crippen LogP contribution >= 0.6 is 24.0 Å². The molecule has 0 saturated carbocycles. The van der Waals surface area contributed by atoms with E-state index in [1.54, 1.807) is 43.1 Å². The molecule has 45 heavy (non-hydrogen) atoms. The highest BCUT2D eigenvalue weighted by Crippen LogP contribution is 2.39. The van der Waals surface area contributed by atoms with Gasteiger partial charge in [0.2, 0.25) is 0 Å². The van der Waals surface area contributed by atoms with Gasteiger partial charge >= 0.3 is 5.97 Å². The fourth-order valence-corrected chi connectivity index (χ4v) is 7.22. The van der Waals surface area contributed by atoms with Crippen molar-refractivity contribution in [1.82, 2.24) is 13.9 Å². The number of amides is 1. The second-order valence-electron chi connectivity index (χ2n) is 10.8. The van der Waals surface area contributed by atoms with Crippen LogP contribution in [-0.2, 0) is 27.9 Å². The number of nitriles is 1. The number of piperidine rings is 1. The number of hydrogen-bond acceptors (Lipinski definition) is 9. The zero-order chi connectivity index (χ0) is 32.6. The predicted octanol–water partition coefficient (Wildman–Crippen LogP) is 4.03. The molecule has 2 aliphatic rings. The van der Waals surface area contributed by atoms with E-state index < -0.39 is 11.5 Å². The van der Waals surface area contributed by atoms with Crippen LogP contribution in [0.25, 0.3) is 11.8 Å². The lowest BCUT2D eigenvalue weighted by Gasteiger charge is -2.35. The highest BCUT2D eigenvalue weighted by molar-refractivity contribution is 8.27. The Hall–Kier alpha value is -4.41. The quantitative estimate of drug-likeness (QED) is 0.213. The molecule has 2 fully saturated rings. The molecule has 2 aromatic heterocycles. The topological polar surface area (TPSA) is 123 Å². The Kier molecular flexibility index (Phi) is 9.18. The van der Waals surface area contributed by atoms with Crippen LogP contribution in [0.3, 0.4) is 0 Å². The summed E-state index contributed by atoms with van der Waals surface area (Å²) in [5, 5.41) is 9.93. The first-order chi connectivity index (χ1) is 21.5. The Morgan fingerprint density at radius 3 is 2.38 bits per heavy atom. The number of nitrogens with zero attached hydrogens (tertiary/aromatic N) is 6. The Balaban J connectivity index is 1.59. The van der Waals surface area contributed by atoms with Gasteiger partial charge in [-0.25, -0.2) is 4.68 Å². The Labute approximate surface area is 270 Å². The summed E-state index contributed by atoms with van der Waals surface area (Å²) >= 11 is 6.72. The van der Waals surface area contributed by atoms with Crippen molar-refractivity contribution in [2.45, 2.75) is 47.1 Å². The average molecular weight is 647 g/mol. The summed E-state index contributed by atoms with van der Waals surface area (Å²) in [6.07, 6.45) is 2.75. The summed E-state index contributed by atoms with van der Waals surface area (Å²) < 4.78 is 10.2. The summed E-state index contributed by atoms with van der Waals surface area (Å²) in [7, 11) is 1.75. The number of carbonyl (C=O) groups is 2. The number of benzene rings is 1. The third-order valence-corrected chi connectivity index (χ3v) is 9.70. The maximum atomic E-state index is 14.0. The number of hydrogen-bond donors (Lipinski definition) is 0. The van der Waals surface area contributed by atoms with Crippen molar-refractivity contribution >= 4 is 57.8 Å². The molecule has 234 valence electrons. The van der Waals surface area contributed by atoms with Crippen LogP contribution in [0.15, 0.2) is 44.8 Å². The molecule has 13 heteroatoms. The van der Waals surface area contributed by atoms with Crippen molar-refractivity contribution in [3.63, 3.8) is 0 Å². The summed E-state index contributed by atoms with van der Waals surface area (Å²) in [5.74, 6) is -0.354. The zero-order valence-corrected chi connectivity index (χ0v) is 27.5. The molecule has 0 radical (unpaired) electrons. The Bertz CT molecular complexity index is 1890. The van der Waals surface area contributed by atoms with E-state index in [2.05, 4.69) is 0 Å². The molecule has 0 atom stereocenters. The number of para-hydroxylation sites is 1. The molecule has 4 heterocycles. The van der Waals surface area contributed by atoms with E-state index in [0.29, 0.717) is 67.4 Å². The molecule has 2 aliphatic heterocycles. The minimum Gasteiger partial charge on any atom is -0.466 e. The Morgan fingerprint density at radius 2 is 1.78 bits per heavy atom. The SMILES string of the molecule is CCOC(=O)C1CCN(c2c(C=C3SC(=S)N(c4c(C)n(C)n(-c5ccccc5)c4=O)C3=O)c(C)c(C#N)c(=O)n2CC)CC1. The lowest BCUT2D eigenvalue weighted by atomic mass is 9.95. The summed E-state index contributed by atoms with van der Waals surface area (Å²) in [4.78, 5) is 57.1. The summed E-state index contributed by atoms with van der Waals surface area (Å²) in [6, 6.07) is 11.2. The lowest BCUT2D eigenvalue weighted by molar-refractivity contribution is -0.148. The second kappa shape index (κ2) is 12.9. The molecule has 0 bridgehead atoms. The fourth-order valence-electron chi connectivity index (χ4n) is 5.97. The van der Waals surface area contributed by atoms with Gasteiger partial charge in [-0.3, -0.25) is 33.3 Å². The van der Waals surface area contributed by atoms with Crippen LogP contribution in [0, 0.1) is 31.1 Å². The first kappa shape index (κ1) is 32.0. The van der Waals surface area contributed by atoms with E-state index in [1.165, 1.54) is 9.58 Å². The fraction of sp³-hybridized carbons (Fsp3) is 0.375. The normalized spacial score (nSPS) is 16.5. The van der Waals surface area contributed by atoms with E-state index in [-0.39, 0.29) is 37.9 Å². The molecular weight excluding hydrogens is 613 g/mol. The van der Waals surface area contributed by atoms with Crippen LogP contribution in [0.4, 0.5) is 11.5 Å². The number of thiocarbonyl (C=S) groups is 1. The minimum atomic E-state index is -0.463. The molecule has 1 aromatic carbocycles. The molecule has 1 amide bonds. The van der Waals surface area contributed by atoms with E-state index in [4.69, 9.17) is 17.0 Å². The zero-order valence-electron chi connectivity index (χ0n) is 25.8. The number of pyridine rings is 1. The van der Waals surface area contributed by atoms with Gasteiger partial charge in [-0.2, -0.15) is 5.26 Å². The van der Waals surface area contributed by atoms with Crippen molar-refractivity contribution in [2.24, 2.45) is 13.0 Å². The van der Waals surface area contributed by atoms with E-state index in [0.717, 1.165) is 11.8 Å². The van der Waals surface area contributed by atoms with E-state index in [9.17, 15) is 24.4 Å². The van der Waals surface area contributed by atoms with Crippen molar-refractivity contribution in [3.8, 4) is 11.8 Å². The highest BCUT2D eigenvalue weighted by atomic mass is 32.2. The third kappa shape index (κ3) is 5.53. The number of thioether (sulfide) groups is 1. The first-order valence-corrected chi connectivity index (χ1v) is 16.0. The lowest BCUT2D eigenvalue weighted by Crippen LogP contribution is -2.41. The molecule has 0 unspecified atom stereocenters. The molecule has 2 saturated heterocycles. The van der Waals surface area contributed by atoms with E-state index >= 15 is 0 Å². The maximum Gasteiger partial charge on any atom is 0.309 e. The van der Waals surface area contributed by atoms with E-state index in [1.807, 2.05) is 48.2 Å². The molecule has 0 N–H and O–H groups in total. The number of esters is 1. The van der Waals surface area contributed by atoms with Gasteiger partial charge in [0.1, 0.15) is 23.1 Å². The standard InChI is InChI=1S/C32H34N6O5S2/c1-6-36-27(35-15-13-21(14-16-35)31(42)43-7-2)23(19(3)24(18-33)28(36)39)17-25-29(40)37(32(44)45-25)26-20(4)34(5)38(30(26)41)22-11-9-8-10-12-22/h8-12,17,21H,6-7,13-16H2,1-5H3. The van der Waals surface area contributed by atoms with Gasteiger partial charge in [0.05, 0.1) is 28.8 Å². The predicted molar refractivity (Wildman–Crippen MR) is 179 cm³/mol. The number of rotatable bonds is 7. The maximum absolute atomic E-state index is 14.0. The van der Waals surface area contributed by atoms with Crippen LogP contribution < -0.4 is 20.9 Å². The van der Waals surface area contributed by atoms with Gasteiger partial charge in [-0.15, -0.1) is 0 Å². The van der Waals surface area contributed by atoms with Crippen LogP contribution in [0.2, 0.25) is 0 Å². The summed E-state index contributed by atoms with van der Waals surface area (Å²) in [5.41, 5.74) is 1.58. The van der Waals surface area contributed by atoms with Crippen LogP contribution in [0.1, 0.15) is 49.1 Å². The smallest absolute Gasteiger partial charge is 0.309 e. The molecule has 0 spiro atoms. The number of anilines is 2. The minimum absolute atomic E-state index is 0.00612. The molecule has 5 rings (SSSR count). The molecular formula is C32H34N6O5S2. The third-order valence-electron chi connectivity index (χ3n) is 8.39. The van der Waals surface area contributed by atoms with Crippen LogP contribution in [0.5, 0.6) is 0 Å². The largest absolute Gasteiger partial charge is 0.466 e. The van der Waals surface area contributed by atoms with Crippen molar-refractivity contribution in [1.29, 1.82) is 5.26 Å². The number of carbonyl (C=O) groups excluding carboxylic acids is 2. The summed E-state index contributed by atoms with van der Waals surface area (Å²) in [6.45, 7) is 8.64. The van der Waals surface area contributed by atoms with Gasteiger partial charge < -0.3 is 9.64 Å². The van der Waals surface area contributed by atoms with Gasteiger partial charge in [0, 0.05) is 32.2 Å². The van der Waals surface area contributed by atoms with Crippen LogP contribution in [-0.4, -0.2) is 49.8 Å². The molecule has 0 aliphatic carbocycles. The average Bonchev–Trinajstić information content (AvgIpc) is 3.43. The second-order valence-corrected chi connectivity index (χ2v) is 12.5. The molecule has 11 nitrogen and oxygen atoms in total. The highest BCUT2D eigenvalue weighted by Gasteiger charge is 2.39. The van der Waals surface area contributed by atoms with Gasteiger partial charge in [0.25, 0.3) is 17.0 Å². The van der Waals surface area contributed by atoms with Crippen molar-refractivity contribution < 1.29 is 14.3 Å². The Morgan fingerprint density at radius 1 is 1.11 bits per heavy atom. The molecule has 3 aromatic rings. The van der Waals surface area contributed by atoms with Crippen molar-refractivity contribution in [2.75, 3.05) is 29.5 Å². The first-order valence-electron chi connectivity index (χ1n) is 14.8. The van der Waals surface area contributed by atoms with Gasteiger partial charge in [0.15, 0.2) is 4.32 Å². The monoisotopic (exact) mass is 646 g/mol. The van der Waals surface area contributed by atoms with Crippen molar-refractivity contribution in [3.05, 3.63) is 78.3 Å². The van der Waals surface area contributed by atoms with Gasteiger partial charge in [-0.1, -0.05) is 42.2 Å². The van der Waals surface area contributed by atoms with Gasteiger partial charge in [-0.05, 0) is 64.3 Å².